The molecule has 2 heteroatoms. The van der Waals surface area contributed by atoms with Gasteiger partial charge < -0.3 is 0 Å². The molecular weight excluding hydrogens is 321 g/mol. The van der Waals surface area contributed by atoms with Crippen LogP contribution in [0.4, 0.5) is 0 Å². The predicted octanol–water partition coefficient (Wildman–Crippen LogP) is 5.20. The van der Waals surface area contributed by atoms with Crippen LogP contribution >= 0.6 is 0 Å². The van der Waals surface area contributed by atoms with E-state index in [1.165, 1.54) is 32.2 Å². The van der Waals surface area contributed by atoms with Crippen molar-refractivity contribution in [2.75, 3.05) is 6.54 Å². The van der Waals surface area contributed by atoms with Crippen LogP contribution in [-0.2, 0) is 0 Å². The van der Waals surface area contributed by atoms with Gasteiger partial charge in [0.1, 0.15) is 0 Å². The number of nitrogens with zero attached hydrogens (tertiary/aromatic N) is 1. The van der Waals surface area contributed by atoms with Crippen LogP contribution in [0.1, 0.15) is 67.2 Å². The van der Waals surface area contributed by atoms with Gasteiger partial charge in [-0.1, -0.05) is 0 Å². The fraction of sp³-hybridized carbons (Fsp3) is 1.00. The minimum absolute atomic E-state index is 0.704. The quantitative estimate of drug-likeness (QED) is 0.460. The zero-order valence-corrected chi connectivity index (χ0v) is 17.1. The van der Waals surface area contributed by atoms with Crippen molar-refractivity contribution in [3.05, 3.63) is 0 Å². The third kappa shape index (κ3) is 8.85. The second-order valence-electron chi connectivity index (χ2n) is 6.36. The number of rotatable bonds is 11. The molecule has 0 aliphatic carbocycles. The van der Waals surface area contributed by atoms with Gasteiger partial charge in [0.25, 0.3) is 0 Å². The number of unbranched alkanes of at least 4 members (excludes halogenated alkanes) is 1. The molecule has 0 amide bonds. The van der Waals surface area contributed by atoms with Crippen LogP contribution in [0.2, 0.25) is 12.5 Å². The Balaban J connectivity index is 3.80. The Morgan fingerprint density at radius 3 is 1.67 bits per heavy atom. The molecule has 0 heterocycles. The standard InChI is InChI=1S/C10H22N.2C3H7.In/c1-6-7-8-11(9(2)3)10(4)5;2*1-3-2;/h9-10H,1,6-8H2,2-5H3;2*1,3H2,2H3;. The van der Waals surface area contributed by atoms with Gasteiger partial charge in [-0.05, 0) is 0 Å². The third-order valence-corrected chi connectivity index (χ3v) is 15.5. The molecule has 0 radical (unpaired) electrons. The van der Waals surface area contributed by atoms with Gasteiger partial charge in [-0.25, -0.2) is 0 Å². The van der Waals surface area contributed by atoms with E-state index in [9.17, 15) is 0 Å². The molecular formula is C16H36InN. The molecule has 0 aliphatic heterocycles. The molecule has 18 heavy (non-hydrogen) atoms. The van der Waals surface area contributed by atoms with Crippen LogP contribution in [0.25, 0.3) is 0 Å². The van der Waals surface area contributed by atoms with Crippen molar-refractivity contribution in [3.63, 3.8) is 0 Å². The van der Waals surface area contributed by atoms with E-state index in [1.54, 1.807) is 12.5 Å². The molecule has 0 N–H and O–H groups in total. The molecule has 0 atom stereocenters. The van der Waals surface area contributed by atoms with E-state index in [-0.39, 0.29) is 0 Å². The summed E-state index contributed by atoms with van der Waals surface area (Å²) >= 11 is -1.06. The van der Waals surface area contributed by atoms with Crippen LogP contribution in [-0.4, -0.2) is 45.0 Å². The van der Waals surface area contributed by atoms with E-state index in [0.717, 1.165) is 0 Å². The maximum atomic E-state index is 2.64. The fourth-order valence-corrected chi connectivity index (χ4v) is 12.7. The summed E-state index contributed by atoms with van der Waals surface area (Å²) in [6, 6.07) is 1.41. The Morgan fingerprint density at radius 2 is 1.28 bits per heavy atom. The topological polar surface area (TPSA) is 3.24 Å². The molecule has 0 aromatic heterocycles. The molecule has 0 saturated carbocycles. The van der Waals surface area contributed by atoms with E-state index in [4.69, 9.17) is 0 Å². The Labute approximate surface area is 124 Å². The summed E-state index contributed by atoms with van der Waals surface area (Å²) in [6.45, 7) is 15.4. The SMILES string of the molecule is CC[CH2][In]([CH2]CC)[CH2]CCCN(C(C)C)C(C)C. The molecule has 0 bridgehead atoms. The van der Waals surface area contributed by atoms with Gasteiger partial charge in [0.15, 0.2) is 0 Å². The van der Waals surface area contributed by atoms with E-state index >= 15 is 0 Å². The fourth-order valence-electron chi connectivity index (χ4n) is 3.09. The summed E-state index contributed by atoms with van der Waals surface area (Å²) < 4.78 is 4.95. The second-order valence-corrected chi connectivity index (χ2v) is 16.3. The Kier molecular flexibility index (Phi) is 12.2. The van der Waals surface area contributed by atoms with Crippen LogP contribution in [0, 0.1) is 0 Å². The molecule has 1 nitrogen and oxygen atoms in total. The van der Waals surface area contributed by atoms with Crippen molar-refractivity contribution in [2.24, 2.45) is 0 Å². The normalized spacial score (nSPS) is 11.8. The average molecular weight is 357 g/mol. The Hall–Kier alpha value is 0.830. The molecule has 0 saturated heterocycles. The Morgan fingerprint density at radius 1 is 0.778 bits per heavy atom. The van der Waals surface area contributed by atoms with E-state index in [2.05, 4.69) is 46.4 Å². The monoisotopic (exact) mass is 357 g/mol. The summed E-state index contributed by atoms with van der Waals surface area (Å²) in [6.07, 6.45) is 5.84. The molecule has 0 spiro atoms. The minimum atomic E-state index is -1.06. The van der Waals surface area contributed by atoms with E-state index in [1.807, 2.05) is 0 Å². The predicted molar refractivity (Wildman–Crippen MR) is 87.0 cm³/mol. The van der Waals surface area contributed by atoms with Crippen LogP contribution in [0.15, 0.2) is 0 Å². The van der Waals surface area contributed by atoms with Crippen molar-refractivity contribution in [2.45, 2.75) is 91.8 Å². The molecule has 0 aliphatic rings. The van der Waals surface area contributed by atoms with Gasteiger partial charge in [0.2, 0.25) is 0 Å². The van der Waals surface area contributed by atoms with Gasteiger partial charge in [0.05, 0.1) is 0 Å². The van der Waals surface area contributed by atoms with Crippen molar-refractivity contribution >= 4 is 21.4 Å². The molecule has 0 unspecified atom stereocenters. The summed E-state index contributed by atoms with van der Waals surface area (Å²) in [5.41, 5.74) is 0. The van der Waals surface area contributed by atoms with Gasteiger partial charge in [-0.3, -0.25) is 0 Å². The first kappa shape index (κ1) is 18.8. The summed E-state index contributed by atoms with van der Waals surface area (Å²) in [5, 5.41) is 0. The van der Waals surface area contributed by atoms with E-state index in [0.29, 0.717) is 12.1 Å². The average Bonchev–Trinajstić information content (AvgIpc) is 2.28. The van der Waals surface area contributed by atoms with Crippen molar-refractivity contribution in [1.82, 2.24) is 4.90 Å². The van der Waals surface area contributed by atoms with Crippen molar-refractivity contribution in [1.29, 1.82) is 0 Å². The van der Waals surface area contributed by atoms with Crippen molar-refractivity contribution in [3.8, 4) is 0 Å². The molecule has 0 rings (SSSR count). The van der Waals surface area contributed by atoms with Crippen LogP contribution < -0.4 is 0 Å². The summed E-state index contributed by atoms with van der Waals surface area (Å²) in [7, 11) is 0. The summed E-state index contributed by atoms with van der Waals surface area (Å²) in [4.78, 5) is 2.64. The molecule has 0 fully saturated rings. The van der Waals surface area contributed by atoms with Crippen molar-refractivity contribution < 1.29 is 0 Å². The third-order valence-electron chi connectivity index (χ3n) is 4.00. The zero-order chi connectivity index (χ0) is 14.0. The first-order valence-electron chi connectivity index (χ1n) is 8.28. The van der Waals surface area contributed by atoms with Gasteiger partial charge in [-0.15, -0.1) is 0 Å². The second kappa shape index (κ2) is 11.6. The Bertz CT molecular complexity index is 166. The molecule has 0 aromatic rings. The summed E-state index contributed by atoms with van der Waals surface area (Å²) in [5.74, 6) is 0. The first-order chi connectivity index (χ1) is 8.52. The molecule has 108 valence electrons. The first-order valence-corrected chi connectivity index (χ1v) is 15.3. The van der Waals surface area contributed by atoms with Crippen LogP contribution in [0.3, 0.4) is 0 Å². The number of hydrogen-bond acceptors (Lipinski definition) is 1. The van der Waals surface area contributed by atoms with Crippen LogP contribution in [0.5, 0.6) is 0 Å². The molecule has 0 aromatic carbocycles. The van der Waals surface area contributed by atoms with E-state index < -0.39 is 21.4 Å². The number of hydrogen-bond donors (Lipinski definition) is 0. The van der Waals surface area contributed by atoms with Gasteiger partial charge in [0, 0.05) is 0 Å². The maximum absolute atomic E-state index is 2.64. The van der Waals surface area contributed by atoms with Gasteiger partial charge >= 0.3 is 125 Å². The van der Waals surface area contributed by atoms with Gasteiger partial charge in [-0.2, -0.15) is 0 Å². The zero-order valence-electron chi connectivity index (χ0n) is 13.8.